The van der Waals surface area contributed by atoms with E-state index >= 15 is 0 Å². The van der Waals surface area contributed by atoms with E-state index in [4.69, 9.17) is 4.74 Å². The van der Waals surface area contributed by atoms with E-state index in [1.54, 1.807) is 26.0 Å². The normalized spacial score (nSPS) is 27.5. The van der Waals surface area contributed by atoms with Crippen molar-refractivity contribution in [2.75, 3.05) is 30.4 Å². The van der Waals surface area contributed by atoms with Gasteiger partial charge in [-0.05, 0) is 42.4 Å². The number of anilines is 2. The van der Waals surface area contributed by atoms with Crippen LogP contribution in [0.5, 0.6) is 0 Å². The smallest absolute Gasteiger partial charge is 0.298 e. The molecule has 4 amide bonds. The van der Waals surface area contributed by atoms with Gasteiger partial charge in [-0.25, -0.2) is 0 Å². The van der Waals surface area contributed by atoms with Crippen molar-refractivity contribution in [3.63, 3.8) is 0 Å². The van der Waals surface area contributed by atoms with Crippen LogP contribution in [0.2, 0.25) is 0 Å². The maximum atomic E-state index is 14.4. The van der Waals surface area contributed by atoms with E-state index in [-0.39, 0.29) is 30.0 Å². The minimum absolute atomic E-state index is 0.0585. The number of carbonyl (C=O) groups excluding carboxylic acids is 4. The highest BCUT2D eigenvalue weighted by Crippen LogP contribution is 2.49. The summed E-state index contributed by atoms with van der Waals surface area (Å²) < 4.78 is 6.32. The van der Waals surface area contributed by atoms with Crippen LogP contribution in [-0.2, 0) is 19.1 Å². The average Bonchev–Trinajstić information content (AvgIpc) is 3.63. The van der Waals surface area contributed by atoms with Gasteiger partial charge in [0, 0.05) is 54.0 Å². The summed E-state index contributed by atoms with van der Waals surface area (Å²) in [5, 5.41) is 19.5. The van der Waals surface area contributed by atoms with Crippen molar-refractivity contribution in [2.45, 2.75) is 58.2 Å². The second-order valence-corrected chi connectivity index (χ2v) is 12.8. The van der Waals surface area contributed by atoms with Crippen molar-refractivity contribution in [3.05, 3.63) is 52.7 Å². The molecule has 0 bridgehead atoms. The molecule has 5 heterocycles. The van der Waals surface area contributed by atoms with Gasteiger partial charge in [0.05, 0.1) is 11.3 Å². The molecule has 0 unspecified atom stereocenters. The van der Waals surface area contributed by atoms with Crippen LogP contribution in [0.15, 0.2) is 41.6 Å². The number of nitrogens with zero attached hydrogens (tertiary/aromatic N) is 3. The standard InChI is InChI=1S/C32H35N5O6/c1-16(2)12-24-29(40)36-11-7-10-25(36)32(42)37(24)30(41)31(43-32,17(3)4)34-27(38)18-13-20-19-8-6-9-22-26(19)21(28(39)33-22)14-23(20)35(5)15-18/h6,8-10,13-14,16-17,24,42H,7,11-12,15H2,1-5H3,(H,33,39)(H,34,38)/t24-,31+,32-/m0/s1. The Bertz CT molecular complexity index is 1710. The lowest BCUT2D eigenvalue weighted by Crippen LogP contribution is -2.66. The van der Waals surface area contributed by atoms with Gasteiger partial charge in [0.2, 0.25) is 11.6 Å². The van der Waals surface area contributed by atoms with Crippen LogP contribution in [0.25, 0.3) is 16.8 Å². The topological polar surface area (TPSA) is 132 Å². The summed E-state index contributed by atoms with van der Waals surface area (Å²) in [6.07, 6.45) is 4.38. The fourth-order valence-electron chi connectivity index (χ4n) is 7.17. The Morgan fingerprint density at radius 2 is 1.98 bits per heavy atom. The van der Waals surface area contributed by atoms with Gasteiger partial charge in [-0.2, -0.15) is 0 Å². The van der Waals surface area contributed by atoms with Gasteiger partial charge in [-0.3, -0.25) is 28.8 Å². The lowest BCUT2D eigenvalue weighted by Gasteiger charge is -2.46. The van der Waals surface area contributed by atoms with Crippen LogP contribution in [0, 0.1) is 11.8 Å². The maximum Gasteiger partial charge on any atom is 0.298 e. The van der Waals surface area contributed by atoms with E-state index < -0.39 is 35.4 Å². The Kier molecular flexibility index (Phi) is 5.87. The van der Waals surface area contributed by atoms with Gasteiger partial charge >= 0.3 is 0 Å². The van der Waals surface area contributed by atoms with Crippen molar-refractivity contribution in [2.24, 2.45) is 11.8 Å². The van der Waals surface area contributed by atoms with E-state index in [0.29, 0.717) is 30.5 Å². The molecule has 0 saturated carbocycles. The van der Waals surface area contributed by atoms with Gasteiger partial charge in [-0.15, -0.1) is 0 Å². The first-order valence-corrected chi connectivity index (χ1v) is 14.8. The lowest BCUT2D eigenvalue weighted by atomic mass is 9.92. The van der Waals surface area contributed by atoms with Gasteiger partial charge in [0.1, 0.15) is 6.04 Å². The third-order valence-corrected chi connectivity index (χ3v) is 9.25. The van der Waals surface area contributed by atoms with Crippen LogP contribution in [0.3, 0.4) is 0 Å². The minimum atomic E-state index is -2.19. The molecule has 5 aliphatic rings. The van der Waals surface area contributed by atoms with Gasteiger partial charge in [0.15, 0.2) is 0 Å². The van der Waals surface area contributed by atoms with Crippen molar-refractivity contribution in [1.82, 2.24) is 15.1 Å². The molecule has 2 saturated heterocycles. The third-order valence-electron chi connectivity index (χ3n) is 9.25. The van der Waals surface area contributed by atoms with Crippen LogP contribution in [0.4, 0.5) is 11.4 Å². The fourth-order valence-corrected chi connectivity index (χ4v) is 7.17. The van der Waals surface area contributed by atoms with Crippen LogP contribution in [0.1, 0.15) is 56.5 Å². The largest absolute Gasteiger partial charge is 0.370 e. The first-order chi connectivity index (χ1) is 20.4. The molecule has 11 heteroatoms. The van der Waals surface area contributed by atoms with E-state index in [0.717, 1.165) is 32.6 Å². The zero-order valence-corrected chi connectivity index (χ0v) is 24.9. The molecule has 0 aromatic heterocycles. The molecule has 2 aromatic carbocycles. The molecule has 43 heavy (non-hydrogen) atoms. The molecule has 3 atom stereocenters. The molecular weight excluding hydrogens is 550 g/mol. The first-order valence-electron chi connectivity index (χ1n) is 14.8. The predicted molar refractivity (Wildman–Crippen MR) is 159 cm³/mol. The molecule has 2 fully saturated rings. The molecule has 5 aliphatic heterocycles. The quantitative estimate of drug-likeness (QED) is 0.492. The molecule has 0 aliphatic carbocycles. The summed E-state index contributed by atoms with van der Waals surface area (Å²) in [6, 6.07) is 6.54. The van der Waals surface area contributed by atoms with Gasteiger partial charge < -0.3 is 25.5 Å². The number of fused-ring (bicyclic) bond motifs is 5. The maximum absolute atomic E-state index is 14.4. The first kappa shape index (κ1) is 27.6. The molecule has 3 N–H and O–H groups in total. The van der Waals surface area contributed by atoms with Crippen molar-refractivity contribution < 1.29 is 29.0 Å². The highest BCUT2D eigenvalue weighted by Gasteiger charge is 2.70. The molecule has 0 spiro atoms. The highest BCUT2D eigenvalue weighted by atomic mass is 16.7. The highest BCUT2D eigenvalue weighted by molar-refractivity contribution is 6.26. The Morgan fingerprint density at radius 3 is 2.70 bits per heavy atom. The number of likely N-dealkylation sites (N-methyl/N-ethyl adjacent to an activating group) is 1. The minimum Gasteiger partial charge on any atom is -0.370 e. The number of piperazine rings is 1. The molecule has 0 radical (unpaired) electrons. The second kappa shape index (κ2) is 9.14. The van der Waals surface area contributed by atoms with Crippen molar-refractivity contribution >= 4 is 51.9 Å². The van der Waals surface area contributed by atoms with E-state index in [1.165, 1.54) is 4.90 Å². The van der Waals surface area contributed by atoms with Gasteiger partial charge in [0.25, 0.3) is 23.6 Å². The summed E-state index contributed by atoms with van der Waals surface area (Å²) in [7, 11) is 1.84. The van der Waals surface area contributed by atoms with Crippen molar-refractivity contribution in [3.8, 4) is 0 Å². The summed E-state index contributed by atoms with van der Waals surface area (Å²) in [6.45, 7) is 8.00. The zero-order valence-electron chi connectivity index (χ0n) is 24.9. The molecular formula is C32H35N5O6. The zero-order chi connectivity index (χ0) is 30.6. The SMILES string of the molecule is CC(C)C[C@H]1C(=O)N2CCC=C2[C@]2(O)O[C@](NC(=O)C3=Cc4c(cc5c6c(cccc46)NC5=O)N(C)C3)(C(C)C)C(=O)N12. The number of hydrogen-bond donors (Lipinski definition) is 3. The summed E-state index contributed by atoms with van der Waals surface area (Å²) in [4.78, 5) is 59.2. The lowest BCUT2D eigenvalue weighted by molar-refractivity contribution is -0.281. The van der Waals surface area contributed by atoms with Crippen LogP contribution in [-0.4, -0.2) is 76.4 Å². The van der Waals surface area contributed by atoms with E-state index in [2.05, 4.69) is 10.6 Å². The van der Waals surface area contributed by atoms with E-state index in [1.807, 2.05) is 50.1 Å². The third kappa shape index (κ3) is 3.67. The Labute approximate surface area is 249 Å². The number of rotatable bonds is 5. The molecule has 2 aromatic rings. The van der Waals surface area contributed by atoms with Crippen molar-refractivity contribution in [1.29, 1.82) is 0 Å². The number of hydrogen-bond acceptors (Lipinski definition) is 7. The van der Waals surface area contributed by atoms with E-state index in [9.17, 15) is 24.3 Å². The number of nitrogens with one attached hydrogen (secondary N) is 2. The number of carbonyl (C=O) groups is 4. The molecule has 7 rings (SSSR count). The molecule has 224 valence electrons. The average molecular weight is 586 g/mol. The summed E-state index contributed by atoms with van der Waals surface area (Å²) in [5.74, 6) is -4.31. The van der Waals surface area contributed by atoms with Gasteiger partial charge in [-0.1, -0.05) is 45.9 Å². The number of amides is 4. The number of ether oxygens (including phenoxy) is 1. The Balaban J connectivity index is 1.29. The predicted octanol–water partition coefficient (Wildman–Crippen LogP) is 2.76. The summed E-state index contributed by atoms with van der Waals surface area (Å²) >= 11 is 0. The second-order valence-electron chi connectivity index (χ2n) is 12.8. The number of benzene rings is 2. The summed E-state index contributed by atoms with van der Waals surface area (Å²) in [5.41, 5.74) is 1.61. The monoisotopic (exact) mass is 585 g/mol. The Morgan fingerprint density at radius 1 is 1.21 bits per heavy atom. The molecule has 11 nitrogen and oxygen atoms in total. The van der Waals surface area contributed by atoms with Crippen LogP contribution >= 0.6 is 0 Å². The van der Waals surface area contributed by atoms with Crippen LogP contribution < -0.4 is 15.5 Å². The Hall–Kier alpha value is -4.22. The number of aliphatic hydroxyl groups is 1. The fraction of sp³-hybridized carbons (Fsp3) is 0.438.